The van der Waals surface area contributed by atoms with E-state index in [0.29, 0.717) is 0 Å². The maximum absolute atomic E-state index is 5.48. The molecule has 0 N–H and O–H groups in total. The van der Waals surface area contributed by atoms with Crippen molar-refractivity contribution >= 4 is 16.9 Å². The number of benzene rings is 2. The Balaban J connectivity index is 2.12. The Morgan fingerprint density at radius 1 is 0.905 bits per heavy atom. The molecule has 2 radical (unpaired) electrons. The average Bonchev–Trinajstić information content (AvgIpc) is 2.57. The van der Waals surface area contributed by atoms with E-state index in [1.54, 1.807) is 0 Å². The summed E-state index contributed by atoms with van der Waals surface area (Å²) >= 11 is 0. The van der Waals surface area contributed by atoms with Gasteiger partial charge in [0.05, 0.1) is 5.16 Å². The number of hydrogen-bond donors (Lipinski definition) is 0. The summed E-state index contributed by atoms with van der Waals surface area (Å²) in [5.74, 6) is 0.216. The molecule has 0 saturated carbocycles. The minimum atomic E-state index is -0.244. The molecule has 2 aromatic rings. The highest BCUT2D eigenvalue weighted by Crippen LogP contribution is 2.54. The molecular formula is C18H16BOP. The molecule has 3 heteroatoms. The van der Waals surface area contributed by atoms with Gasteiger partial charge in [0, 0.05) is 14.7 Å². The third kappa shape index (κ3) is 2.74. The highest BCUT2D eigenvalue weighted by Gasteiger charge is 2.39. The number of allylic oxidation sites excluding steroid dienone is 4. The van der Waals surface area contributed by atoms with Gasteiger partial charge in [-0.05, 0) is 11.1 Å². The molecule has 102 valence electrons. The van der Waals surface area contributed by atoms with E-state index in [0.717, 1.165) is 0 Å². The zero-order valence-electron chi connectivity index (χ0n) is 11.6. The molecule has 3 unspecified atom stereocenters. The van der Waals surface area contributed by atoms with Crippen LogP contribution in [0.5, 0.6) is 0 Å². The second kappa shape index (κ2) is 6.43. The molecule has 0 fully saturated rings. The monoisotopic (exact) mass is 290 g/mol. The Kier molecular flexibility index (Phi) is 4.38. The van der Waals surface area contributed by atoms with E-state index in [1.165, 1.54) is 11.1 Å². The van der Waals surface area contributed by atoms with Gasteiger partial charge in [0.25, 0.3) is 8.05 Å². The summed E-state index contributed by atoms with van der Waals surface area (Å²) in [4.78, 5) is 0. The van der Waals surface area contributed by atoms with Crippen LogP contribution in [0, 0.1) is 0 Å². The molecule has 0 saturated heterocycles. The van der Waals surface area contributed by atoms with Crippen molar-refractivity contribution in [1.29, 1.82) is 0 Å². The van der Waals surface area contributed by atoms with E-state index < -0.39 is 0 Å². The second-order valence-corrected chi connectivity index (χ2v) is 6.35. The fraction of sp³-hybridized carbons (Fsp3) is 0.111. The predicted molar refractivity (Wildman–Crippen MR) is 90.7 cm³/mol. The number of hydrogen-bond acceptors (Lipinski definition) is 1. The number of rotatable bonds is 4. The smallest absolute Gasteiger partial charge is 0.288 e. The summed E-state index contributed by atoms with van der Waals surface area (Å²) < 4.78 is 5.13. The van der Waals surface area contributed by atoms with Gasteiger partial charge in [-0.1, -0.05) is 85.0 Å². The molecule has 21 heavy (non-hydrogen) atoms. The summed E-state index contributed by atoms with van der Waals surface area (Å²) in [7, 11) is 5.63. The van der Waals surface area contributed by atoms with Crippen LogP contribution in [0.3, 0.4) is 0 Å². The Hall–Kier alpha value is -1.63. The molecular weight excluding hydrogens is 274 g/mol. The first-order valence-electron chi connectivity index (χ1n) is 6.96. The van der Waals surface area contributed by atoms with Gasteiger partial charge in [0.15, 0.2) is 0 Å². The van der Waals surface area contributed by atoms with E-state index in [1.807, 2.05) is 12.1 Å². The van der Waals surface area contributed by atoms with E-state index >= 15 is 0 Å². The lowest BCUT2D eigenvalue weighted by Crippen LogP contribution is -2.27. The lowest BCUT2D eigenvalue weighted by molar-refractivity contribution is 0.597. The fourth-order valence-corrected chi connectivity index (χ4v) is 3.95. The highest BCUT2D eigenvalue weighted by molar-refractivity contribution is 7.35. The standard InChI is InChI=1S/C18H16BOP/c19-20-21-18(16-11-5-2-6-12-16)14-8-7-13-17(18)15-9-3-1-4-10-15/h1-14,17,21H. The topological polar surface area (TPSA) is 9.23 Å². The van der Waals surface area contributed by atoms with Crippen molar-refractivity contribution in [3.63, 3.8) is 0 Å². The maximum Gasteiger partial charge on any atom is 0.288 e. The zero-order valence-corrected chi connectivity index (χ0v) is 12.6. The van der Waals surface area contributed by atoms with Crippen LogP contribution in [0.15, 0.2) is 85.0 Å². The first-order valence-corrected chi connectivity index (χ1v) is 7.87. The van der Waals surface area contributed by atoms with Crippen LogP contribution in [-0.2, 0) is 9.60 Å². The van der Waals surface area contributed by atoms with Crippen molar-refractivity contribution in [2.24, 2.45) is 0 Å². The third-order valence-corrected chi connectivity index (χ3v) is 5.12. The fourth-order valence-electron chi connectivity index (χ4n) is 2.92. The van der Waals surface area contributed by atoms with Gasteiger partial charge in [-0.15, -0.1) is 0 Å². The van der Waals surface area contributed by atoms with Crippen molar-refractivity contribution in [2.45, 2.75) is 11.1 Å². The molecule has 1 nitrogen and oxygen atoms in total. The zero-order chi connectivity index (χ0) is 14.5. The molecule has 0 aromatic heterocycles. The molecule has 0 spiro atoms. The minimum Gasteiger partial charge on any atom is -0.429 e. The molecule has 0 bridgehead atoms. The van der Waals surface area contributed by atoms with Gasteiger partial charge < -0.3 is 4.44 Å². The molecule has 0 aliphatic heterocycles. The molecule has 1 aliphatic carbocycles. The van der Waals surface area contributed by atoms with Gasteiger partial charge >= 0.3 is 0 Å². The minimum absolute atomic E-state index is 0.157. The summed E-state index contributed by atoms with van der Waals surface area (Å²) in [6.45, 7) is 0. The largest absolute Gasteiger partial charge is 0.429 e. The average molecular weight is 290 g/mol. The lowest BCUT2D eigenvalue weighted by Gasteiger charge is -2.39. The normalized spacial score (nSPS) is 24.7. The van der Waals surface area contributed by atoms with Gasteiger partial charge in [0.1, 0.15) is 0 Å². The predicted octanol–water partition coefficient (Wildman–Crippen LogP) is 4.49. The van der Waals surface area contributed by atoms with Crippen LogP contribution >= 0.6 is 8.81 Å². The van der Waals surface area contributed by atoms with Crippen LogP contribution in [0.25, 0.3) is 0 Å². The Morgan fingerprint density at radius 3 is 2.24 bits per heavy atom. The van der Waals surface area contributed by atoms with E-state index in [2.05, 4.69) is 72.8 Å². The van der Waals surface area contributed by atoms with E-state index in [4.69, 9.17) is 12.5 Å². The van der Waals surface area contributed by atoms with Crippen molar-refractivity contribution in [3.05, 3.63) is 96.1 Å². The Bertz CT molecular complexity index is 639. The summed E-state index contributed by atoms with van der Waals surface area (Å²) in [6.07, 6.45) is 8.62. The van der Waals surface area contributed by atoms with Gasteiger partial charge in [-0.3, -0.25) is 0 Å². The first-order chi connectivity index (χ1) is 10.4. The van der Waals surface area contributed by atoms with Crippen molar-refractivity contribution < 1.29 is 4.44 Å². The van der Waals surface area contributed by atoms with Gasteiger partial charge in [-0.25, -0.2) is 0 Å². The van der Waals surface area contributed by atoms with Crippen LogP contribution < -0.4 is 0 Å². The van der Waals surface area contributed by atoms with Crippen molar-refractivity contribution in [2.75, 3.05) is 0 Å². The SMILES string of the molecule is [B]OPC1(c2ccccc2)C=CC=CC1c1ccccc1. The van der Waals surface area contributed by atoms with Gasteiger partial charge in [0.2, 0.25) is 0 Å². The molecule has 0 amide bonds. The van der Waals surface area contributed by atoms with Crippen LogP contribution in [-0.4, -0.2) is 8.05 Å². The quantitative estimate of drug-likeness (QED) is 0.595. The van der Waals surface area contributed by atoms with Crippen LogP contribution in [0.4, 0.5) is 0 Å². The van der Waals surface area contributed by atoms with E-state index in [-0.39, 0.29) is 19.9 Å². The Morgan fingerprint density at radius 2 is 1.57 bits per heavy atom. The molecule has 3 atom stereocenters. The second-order valence-electron chi connectivity index (χ2n) is 5.09. The molecule has 2 aromatic carbocycles. The van der Waals surface area contributed by atoms with Crippen molar-refractivity contribution in [3.8, 4) is 0 Å². The molecule has 0 heterocycles. The molecule has 1 aliphatic rings. The van der Waals surface area contributed by atoms with Crippen LogP contribution in [0.2, 0.25) is 0 Å². The summed E-state index contributed by atoms with van der Waals surface area (Å²) in [5.41, 5.74) is 2.50. The summed E-state index contributed by atoms with van der Waals surface area (Å²) in [6, 6.07) is 20.9. The van der Waals surface area contributed by atoms with Crippen molar-refractivity contribution in [1.82, 2.24) is 0 Å². The van der Waals surface area contributed by atoms with Gasteiger partial charge in [-0.2, -0.15) is 0 Å². The Labute approximate surface area is 129 Å². The maximum atomic E-state index is 5.48. The molecule has 3 rings (SSSR count). The third-order valence-electron chi connectivity index (χ3n) is 3.90. The highest BCUT2D eigenvalue weighted by atomic mass is 31.1. The summed E-state index contributed by atoms with van der Waals surface area (Å²) in [5, 5.41) is -0.244. The van der Waals surface area contributed by atoms with E-state index in [9.17, 15) is 0 Å². The lowest BCUT2D eigenvalue weighted by atomic mass is 9.78. The van der Waals surface area contributed by atoms with Crippen LogP contribution in [0.1, 0.15) is 17.0 Å². The first kappa shape index (κ1) is 14.3.